The Balaban J connectivity index is 2.02. The number of benzene rings is 1. The minimum atomic E-state index is -0.332. The van der Waals surface area contributed by atoms with E-state index in [1.54, 1.807) is 4.90 Å². The molecule has 0 saturated carbocycles. The van der Waals surface area contributed by atoms with E-state index in [9.17, 15) is 14.3 Å². The summed E-state index contributed by atoms with van der Waals surface area (Å²) >= 11 is 0. The number of hydrogen-bond donors (Lipinski definition) is 2. The maximum absolute atomic E-state index is 12.8. The molecule has 1 fully saturated rings. The zero-order valence-corrected chi connectivity index (χ0v) is 10.8. The number of rotatable bonds is 2. The molecule has 0 aliphatic carbocycles. The summed E-state index contributed by atoms with van der Waals surface area (Å²) in [6.45, 7) is 0.634. The van der Waals surface area contributed by atoms with E-state index in [0.717, 1.165) is 25.7 Å². The van der Waals surface area contributed by atoms with Gasteiger partial charge in [0.2, 0.25) is 0 Å². The van der Waals surface area contributed by atoms with E-state index < -0.39 is 0 Å². The number of halogens is 1. The van der Waals surface area contributed by atoms with Gasteiger partial charge in [0.15, 0.2) is 0 Å². The molecule has 2 amide bonds. The number of aliphatic hydroxyl groups is 1. The van der Waals surface area contributed by atoms with Crippen molar-refractivity contribution in [2.24, 2.45) is 0 Å². The smallest absolute Gasteiger partial charge is 0.322 e. The van der Waals surface area contributed by atoms with Crippen LogP contribution in [0.1, 0.15) is 25.7 Å². The van der Waals surface area contributed by atoms with Crippen LogP contribution in [0, 0.1) is 5.82 Å². The number of amides is 2. The number of aliphatic hydroxyl groups excluding tert-OH is 1. The molecule has 1 unspecified atom stereocenters. The molecule has 4 nitrogen and oxygen atoms in total. The largest absolute Gasteiger partial charge is 0.394 e. The van der Waals surface area contributed by atoms with Crippen molar-refractivity contribution in [3.63, 3.8) is 0 Å². The molecule has 0 bridgehead atoms. The first-order chi connectivity index (χ1) is 9.20. The summed E-state index contributed by atoms with van der Waals surface area (Å²) in [5, 5.41) is 12.1. The van der Waals surface area contributed by atoms with Crippen LogP contribution in [0.15, 0.2) is 24.3 Å². The number of carbonyl (C=O) groups excluding carboxylic acids is 1. The fourth-order valence-corrected chi connectivity index (χ4v) is 2.36. The molecule has 1 atom stereocenters. The van der Waals surface area contributed by atoms with Crippen LogP contribution in [-0.2, 0) is 0 Å². The average Bonchev–Trinajstić information content (AvgIpc) is 2.66. The molecule has 1 aliphatic rings. The van der Waals surface area contributed by atoms with Crippen LogP contribution in [0.4, 0.5) is 14.9 Å². The van der Waals surface area contributed by atoms with E-state index in [4.69, 9.17) is 0 Å². The van der Waals surface area contributed by atoms with Gasteiger partial charge in [-0.05, 0) is 37.1 Å². The molecule has 0 radical (unpaired) electrons. The van der Waals surface area contributed by atoms with Crippen molar-refractivity contribution in [1.82, 2.24) is 4.90 Å². The molecular weight excluding hydrogens is 247 g/mol. The minimum absolute atomic E-state index is 0.0170. The lowest BCUT2D eigenvalue weighted by Crippen LogP contribution is -2.44. The van der Waals surface area contributed by atoms with Crippen LogP contribution in [0.25, 0.3) is 0 Å². The van der Waals surface area contributed by atoms with E-state index in [2.05, 4.69) is 5.32 Å². The molecule has 2 N–H and O–H groups in total. The zero-order chi connectivity index (χ0) is 13.7. The third-order valence-corrected chi connectivity index (χ3v) is 3.44. The minimum Gasteiger partial charge on any atom is -0.394 e. The van der Waals surface area contributed by atoms with Gasteiger partial charge in [0.1, 0.15) is 5.82 Å². The fraction of sp³-hybridized carbons (Fsp3) is 0.500. The van der Waals surface area contributed by atoms with E-state index in [1.165, 1.54) is 24.3 Å². The van der Waals surface area contributed by atoms with Crippen molar-refractivity contribution in [3.8, 4) is 0 Å². The molecule has 104 valence electrons. The first kappa shape index (κ1) is 13.8. The summed E-state index contributed by atoms with van der Waals surface area (Å²) in [5.41, 5.74) is 0.562. The standard InChI is InChI=1S/C14H19FN2O2/c15-11-5-7-12(8-6-11)16-14(19)17-9-3-1-2-4-13(17)10-18/h5-8,13,18H,1-4,9-10H2,(H,16,19). The zero-order valence-electron chi connectivity index (χ0n) is 10.8. The summed E-state index contributed by atoms with van der Waals surface area (Å²) in [6.07, 6.45) is 3.89. The maximum atomic E-state index is 12.8. The van der Waals surface area contributed by atoms with Gasteiger partial charge in [-0.1, -0.05) is 12.8 Å². The SMILES string of the molecule is O=C(Nc1ccc(F)cc1)N1CCCCCC1CO. The van der Waals surface area contributed by atoms with Gasteiger partial charge in [-0.25, -0.2) is 9.18 Å². The first-order valence-corrected chi connectivity index (χ1v) is 6.65. The summed E-state index contributed by atoms with van der Waals surface area (Å²) in [4.78, 5) is 13.9. The van der Waals surface area contributed by atoms with Crippen LogP contribution in [0.5, 0.6) is 0 Å². The van der Waals surface area contributed by atoms with Gasteiger partial charge < -0.3 is 15.3 Å². The van der Waals surface area contributed by atoms with Gasteiger partial charge in [-0.2, -0.15) is 0 Å². The molecule has 1 aliphatic heterocycles. The highest BCUT2D eigenvalue weighted by Gasteiger charge is 2.24. The molecule has 1 aromatic carbocycles. The van der Waals surface area contributed by atoms with Crippen LogP contribution < -0.4 is 5.32 Å². The normalized spacial score (nSPS) is 19.9. The van der Waals surface area contributed by atoms with E-state index in [1.807, 2.05) is 0 Å². The Hall–Kier alpha value is -1.62. The number of anilines is 1. The predicted molar refractivity (Wildman–Crippen MR) is 71.5 cm³/mol. The monoisotopic (exact) mass is 266 g/mol. The lowest BCUT2D eigenvalue weighted by molar-refractivity contribution is 0.142. The van der Waals surface area contributed by atoms with E-state index in [-0.39, 0.29) is 24.5 Å². The summed E-state index contributed by atoms with van der Waals surface area (Å²) in [5.74, 6) is -0.332. The molecule has 5 heteroatoms. The Labute approximate surface area is 112 Å². The number of likely N-dealkylation sites (tertiary alicyclic amines) is 1. The van der Waals surface area contributed by atoms with Crippen molar-refractivity contribution < 1.29 is 14.3 Å². The van der Waals surface area contributed by atoms with Crippen LogP contribution in [-0.4, -0.2) is 35.2 Å². The van der Waals surface area contributed by atoms with Gasteiger partial charge in [0.25, 0.3) is 0 Å². The van der Waals surface area contributed by atoms with Gasteiger partial charge in [0, 0.05) is 12.2 Å². The topological polar surface area (TPSA) is 52.6 Å². The predicted octanol–water partition coefficient (Wildman–Crippen LogP) is 2.59. The summed E-state index contributed by atoms with van der Waals surface area (Å²) in [7, 11) is 0. The molecule has 1 heterocycles. The number of nitrogens with one attached hydrogen (secondary N) is 1. The average molecular weight is 266 g/mol. The molecule has 2 rings (SSSR count). The molecule has 1 saturated heterocycles. The van der Waals surface area contributed by atoms with E-state index >= 15 is 0 Å². The second-order valence-corrected chi connectivity index (χ2v) is 4.82. The third-order valence-electron chi connectivity index (χ3n) is 3.44. The third kappa shape index (κ3) is 3.67. The van der Waals surface area contributed by atoms with Gasteiger partial charge in [-0.15, -0.1) is 0 Å². The lowest BCUT2D eigenvalue weighted by atomic mass is 10.1. The van der Waals surface area contributed by atoms with Crippen molar-refractivity contribution in [1.29, 1.82) is 0 Å². The highest BCUT2D eigenvalue weighted by molar-refractivity contribution is 5.89. The number of urea groups is 1. The quantitative estimate of drug-likeness (QED) is 0.864. The van der Waals surface area contributed by atoms with Crippen molar-refractivity contribution in [2.75, 3.05) is 18.5 Å². The first-order valence-electron chi connectivity index (χ1n) is 6.65. The van der Waals surface area contributed by atoms with Crippen molar-refractivity contribution >= 4 is 11.7 Å². The van der Waals surface area contributed by atoms with Crippen molar-refractivity contribution in [2.45, 2.75) is 31.7 Å². The second-order valence-electron chi connectivity index (χ2n) is 4.82. The number of nitrogens with zero attached hydrogens (tertiary/aromatic N) is 1. The number of hydrogen-bond acceptors (Lipinski definition) is 2. The molecule has 1 aromatic rings. The van der Waals surface area contributed by atoms with Gasteiger partial charge in [-0.3, -0.25) is 0 Å². The van der Waals surface area contributed by atoms with Gasteiger partial charge >= 0.3 is 6.03 Å². The highest BCUT2D eigenvalue weighted by atomic mass is 19.1. The number of carbonyl (C=O) groups is 1. The van der Waals surface area contributed by atoms with Gasteiger partial charge in [0.05, 0.1) is 12.6 Å². The Morgan fingerprint density at radius 2 is 2.05 bits per heavy atom. The summed E-state index contributed by atoms with van der Waals surface area (Å²) < 4.78 is 12.8. The van der Waals surface area contributed by atoms with Crippen LogP contribution >= 0.6 is 0 Å². The Bertz CT molecular complexity index is 422. The molecule has 19 heavy (non-hydrogen) atoms. The molecule has 0 aromatic heterocycles. The lowest BCUT2D eigenvalue weighted by Gasteiger charge is -2.28. The van der Waals surface area contributed by atoms with Crippen LogP contribution in [0.3, 0.4) is 0 Å². The maximum Gasteiger partial charge on any atom is 0.322 e. The Morgan fingerprint density at radius 1 is 1.32 bits per heavy atom. The van der Waals surface area contributed by atoms with Crippen molar-refractivity contribution in [3.05, 3.63) is 30.1 Å². The molecular formula is C14H19FN2O2. The van der Waals surface area contributed by atoms with E-state index in [0.29, 0.717) is 12.2 Å². The summed E-state index contributed by atoms with van der Waals surface area (Å²) in [6, 6.07) is 5.32. The molecule has 0 spiro atoms. The Kier molecular flexibility index (Phi) is 4.74. The fourth-order valence-electron chi connectivity index (χ4n) is 2.36. The highest BCUT2D eigenvalue weighted by Crippen LogP contribution is 2.18. The van der Waals surface area contributed by atoms with Crippen LogP contribution in [0.2, 0.25) is 0 Å². The second kappa shape index (κ2) is 6.52. The Morgan fingerprint density at radius 3 is 2.74 bits per heavy atom.